The molecule has 0 unspecified atom stereocenters. The molecule has 0 fully saturated rings. The highest BCUT2D eigenvalue weighted by molar-refractivity contribution is 6.32. The minimum Gasteiger partial charge on any atom is -0.487 e. The molecule has 0 atom stereocenters. The lowest BCUT2D eigenvalue weighted by Gasteiger charge is -2.07. The summed E-state index contributed by atoms with van der Waals surface area (Å²) in [6.07, 6.45) is 1.76. The summed E-state index contributed by atoms with van der Waals surface area (Å²) in [5.74, 6) is 0.678. The Hall–Kier alpha value is -1.58. The molecule has 0 saturated heterocycles. The van der Waals surface area contributed by atoms with Crippen molar-refractivity contribution < 1.29 is 4.74 Å². The van der Waals surface area contributed by atoms with E-state index in [0.29, 0.717) is 23.9 Å². The van der Waals surface area contributed by atoms with Gasteiger partial charge in [0, 0.05) is 18.3 Å². The van der Waals surface area contributed by atoms with Gasteiger partial charge in [-0.2, -0.15) is 0 Å². The third-order valence-corrected chi connectivity index (χ3v) is 2.64. The number of hydrogen-bond donors (Lipinski definition) is 1. The van der Waals surface area contributed by atoms with Crippen LogP contribution < -0.4 is 10.5 Å². The number of halogens is 1. The third-order valence-electron chi connectivity index (χ3n) is 2.33. The molecule has 0 aliphatic heterocycles. The minimum absolute atomic E-state index is 0.446. The molecule has 0 saturated carbocycles. The van der Waals surface area contributed by atoms with Crippen molar-refractivity contribution in [2.75, 3.05) is 0 Å². The summed E-state index contributed by atoms with van der Waals surface area (Å²) >= 11 is 5.98. The maximum Gasteiger partial charge on any atom is 0.138 e. The molecule has 2 N–H and O–H groups in total. The first-order valence-electron chi connectivity index (χ1n) is 5.31. The second kappa shape index (κ2) is 5.66. The number of ether oxygens (including phenoxy) is 1. The van der Waals surface area contributed by atoms with Crippen LogP contribution in [0.15, 0.2) is 42.6 Å². The summed E-state index contributed by atoms with van der Waals surface area (Å²) < 4.78 is 5.59. The van der Waals surface area contributed by atoms with E-state index in [4.69, 9.17) is 22.1 Å². The minimum atomic E-state index is 0.446. The van der Waals surface area contributed by atoms with Crippen LogP contribution in [0.25, 0.3) is 0 Å². The first-order valence-corrected chi connectivity index (χ1v) is 5.68. The smallest absolute Gasteiger partial charge is 0.138 e. The molecule has 0 amide bonds. The molecule has 0 spiro atoms. The van der Waals surface area contributed by atoms with Crippen molar-refractivity contribution in [3.63, 3.8) is 0 Å². The summed E-state index contributed by atoms with van der Waals surface area (Å²) in [7, 11) is 0. The molecule has 1 aromatic heterocycles. The van der Waals surface area contributed by atoms with E-state index >= 15 is 0 Å². The van der Waals surface area contributed by atoms with Crippen LogP contribution in [0, 0.1) is 0 Å². The van der Waals surface area contributed by atoms with Gasteiger partial charge in [0.1, 0.15) is 12.4 Å². The monoisotopic (exact) mass is 248 g/mol. The van der Waals surface area contributed by atoms with Crippen LogP contribution in [0.5, 0.6) is 5.75 Å². The second-order valence-electron chi connectivity index (χ2n) is 3.58. The summed E-state index contributed by atoms with van der Waals surface area (Å²) in [6.45, 7) is 0.896. The van der Waals surface area contributed by atoms with Crippen LogP contribution >= 0.6 is 11.6 Å². The van der Waals surface area contributed by atoms with Gasteiger partial charge in [-0.25, -0.2) is 0 Å². The number of benzene rings is 1. The predicted octanol–water partition coefficient (Wildman–Crippen LogP) is 2.77. The Kier molecular flexibility index (Phi) is 3.96. The quantitative estimate of drug-likeness (QED) is 0.905. The van der Waals surface area contributed by atoms with E-state index in [1.54, 1.807) is 12.3 Å². The van der Waals surface area contributed by atoms with Gasteiger partial charge in [0.25, 0.3) is 0 Å². The largest absolute Gasteiger partial charge is 0.487 e. The van der Waals surface area contributed by atoms with Gasteiger partial charge in [0.05, 0.1) is 10.7 Å². The van der Waals surface area contributed by atoms with Gasteiger partial charge in [-0.1, -0.05) is 29.8 Å². The molecule has 1 aromatic carbocycles. The van der Waals surface area contributed by atoms with Gasteiger partial charge in [-0.05, 0) is 18.2 Å². The predicted molar refractivity (Wildman–Crippen MR) is 67.9 cm³/mol. The Morgan fingerprint density at radius 2 is 2.00 bits per heavy atom. The molecule has 17 heavy (non-hydrogen) atoms. The molecule has 0 aliphatic carbocycles. The van der Waals surface area contributed by atoms with Gasteiger partial charge < -0.3 is 10.5 Å². The third kappa shape index (κ3) is 3.19. The lowest BCUT2D eigenvalue weighted by molar-refractivity contribution is 0.306. The molecular weight excluding hydrogens is 236 g/mol. The fourth-order valence-electron chi connectivity index (χ4n) is 1.38. The molecule has 3 nitrogen and oxygen atoms in total. The average Bonchev–Trinajstić information content (AvgIpc) is 2.38. The lowest BCUT2D eigenvalue weighted by Crippen LogP contribution is -2.01. The number of nitrogens with zero attached hydrogens (tertiary/aromatic N) is 1. The van der Waals surface area contributed by atoms with Crippen LogP contribution in [0.4, 0.5) is 0 Å². The maximum absolute atomic E-state index is 5.98. The van der Waals surface area contributed by atoms with Gasteiger partial charge in [-0.15, -0.1) is 0 Å². The molecule has 4 heteroatoms. The van der Waals surface area contributed by atoms with E-state index in [2.05, 4.69) is 4.98 Å². The van der Waals surface area contributed by atoms with E-state index in [1.807, 2.05) is 30.3 Å². The van der Waals surface area contributed by atoms with Crippen LogP contribution in [-0.4, -0.2) is 4.98 Å². The summed E-state index contributed by atoms with van der Waals surface area (Å²) in [4.78, 5) is 4.19. The van der Waals surface area contributed by atoms with E-state index in [1.165, 1.54) is 0 Å². The first-order chi connectivity index (χ1) is 8.29. The molecular formula is C13H13ClN2O. The van der Waals surface area contributed by atoms with Crippen LogP contribution in [0.1, 0.15) is 11.3 Å². The van der Waals surface area contributed by atoms with Crippen LogP contribution in [0.2, 0.25) is 5.02 Å². The Bertz CT molecular complexity index is 485. The fraction of sp³-hybridized carbons (Fsp3) is 0.154. The molecule has 0 aliphatic rings. The van der Waals surface area contributed by atoms with Crippen molar-refractivity contribution in [1.82, 2.24) is 4.98 Å². The van der Waals surface area contributed by atoms with Crippen molar-refractivity contribution in [1.29, 1.82) is 0 Å². The van der Waals surface area contributed by atoms with Crippen molar-refractivity contribution in [2.45, 2.75) is 13.2 Å². The Labute approximate surface area is 105 Å². The molecule has 88 valence electrons. The number of rotatable bonds is 4. The summed E-state index contributed by atoms with van der Waals surface area (Å²) in [5.41, 5.74) is 7.33. The first kappa shape index (κ1) is 11.9. The Morgan fingerprint density at radius 3 is 2.65 bits per heavy atom. The van der Waals surface area contributed by atoms with Gasteiger partial charge >= 0.3 is 0 Å². The van der Waals surface area contributed by atoms with Crippen molar-refractivity contribution in [3.05, 3.63) is 58.9 Å². The van der Waals surface area contributed by atoms with Gasteiger partial charge in [-0.3, -0.25) is 4.98 Å². The summed E-state index contributed by atoms with van der Waals surface area (Å²) in [5, 5.41) is 0.610. The van der Waals surface area contributed by atoms with Crippen molar-refractivity contribution in [3.8, 4) is 5.75 Å². The van der Waals surface area contributed by atoms with Gasteiger partial charge in [0.2, 0.25) is 0 Å². The zero-order chi connectivity index (χ0) is 12.1. The van der Waals surface area contributed by atoms with E-state index in [0.717, 1.165) is 11.3 Å². The maximum atomic E-state index is 5.98. The summed E-state index contributed by atoms with van der Waals surface area (Å²) in [6, 6.07) is 11.2. The molecule has 1 heterocycles. The Morgan fingerprint density at radius 1 is 1.18 bits per heavy atom. The highest BCUT2D eigenvalue weighted by Gasteiger charge is 2.00. The topological polar surface area (TPSA) is 48.1 Å². The number of nitrogens with two attached hydrogens (primary N) is 1. The average molecular weight is 249 g/mol. The fourth-order valence-corrected chi connectivity index (χ4v) is 1.57. The molecule has 0 bridgehead atoms. The SMILES string of the molecule is NCc1ccc(COc2ccccc2Cl)cn1. The van der Waals surface area contributed by atoms with E-state index in [-0.39, 0.29) is 0 Å². The van der Waals surface area contributed by atoms with E-state index in [9.17, 15) is 0 Å². The molecule has 0 radical (unpaired) electrons. The Balaban J connectivity index is 2.00. The number of pyridine rings is 1. The zero-order valence-corrected chi connectivity index (χ0v) is 10.0. The highest BCUT2D eigenvalue weighted by Crippen LogP contribution is 2.23. The van der Waals surface area contributed by atoms with Gasteiger partial charge in [0.15, 0.2) is 0 Å². The molecule has 2 aromatic rings. The lowest BCUT2D eigenvalue weighted by atomic mass is 10.2. The highest BCUT2D eigenvalue weighted by atomic mass is 35.5. The normalized spacial score (nSPS) is 10.2. The van der Waals surface area contributed by atoms with E-state index < -0.39 is 0 Å². The number of hydrogen-bond acceptors (Lipinski definition) is 3. The van der Waals surface area contributed by atoms with Crippen LogP contribution in [0.3, 0.4) is 0 Å². The van der Waals surface area contributed by atoms with Crippen LogP contribution in [-0.2, 0) is 13.2 Å². The number of aromatic nitrogens is 1. The molecule has 2 rings (SSSR count). The zero-order valence-electron chi connectivity index (χ0n) is 9.27. The van der Waals surface area contributed by atoms with Crippen molar-refractivity contribution in [2.24, 2.45) is 5.73 Å². The van der Waals surface area contributed by atoms with Crippen molar-refractivity contribution >= 4 is 11.6 Å². The second-order valence-corrected chi connectivity index (χ2v) is 3.99. The number of para-hydroxylation sites is 1. The standard InChI is InChI=1S/C13H13ClN2O/c14-12-3-1-2-4-13(12)17-9-10-5-6-11(7-15)16-8-10/h1-6,8H,7,9,15H2.